The number of halogens is 1. The quantitative estimate of drug-likeness (QED) is 0.733. The maximum atomic E-state index is 11.2. The molecule has 0 saturated carbocycles. The van der Waals surface area contributed by atoms with Crippen molar-refractivity contribution >= 4 is 17.5 Å². The fourth-order valence-corrected chi connectivity index (χ4v) is 2.02. The minimum absolute atomic E-state index is 0.0703. The number of amides is 1. The Balaban J connectivity index is 2.63. The first kappa shape index (κ1) is 15.0. The first-order chi connectivity index (χ1) is 8.43. The lowest BCUT2D eigenvalue weighted by molar-refractivity contribution is -0.121. The molecule has 0 aromatic heterocycles. The van der Waals surface area contributed by atoms with E-state index in [0.717, 1.165) is 0 Å². The summed E-state index contributed by atoms with van der Waals surface area (Å²) in [5, 5.41) is 13.5. The summed E-state index contributed by atoms with van der Waals surface area (Å²) in [5.74, 6) is -0.350. The van der Waals surface area contributed by atoms with Crippen LogP contribution in [0.3, 0.4) is 0 Å². The van der Waals surface area contributed by atoms with Crippen LogP contribution in [0, 0.1) is 5.92 Å². The number of hydrogen-bond donors (Lipinski definition) is 3. The molecule has 0 aliphatic carbocycles. The molecular weight excluding hydrogens is 252 g/mol. The van der Waals surface area contributed by atoms with E-state index in [0.29, 0.717) is 10.6 Å². The fraction of sp³-hybridized carbons (Fsp3) is 0.462. The molecule has 1 aromatic carbocycles. The van der Waals surface area contributed by atoms with Gasteiger partial charge in [0, 0.05) is 17.1 Å². The average Bonchev–Trinajstić information content (AvgIpc) is 2.28. The van der Waals surface area contributed by atoms with E-state index in [9.17, 15) is 9.90 Å². The molecule has 0 fully saturated rings. The summed E-state index contributed by atoms with van der Waals surface area (Å²) in [6.45, 7) is 4.02. The summed E-state index contributed by atoms with van der Waals surface area (Å²) in [5.41, 5.74) is 5.92. The van der Waals surface area contributed by atoms with Gasteiger partial charge in [-0.2, -0.15) is 0 Å². The first-order valence-electron chi connectivity index (χ1n) is 5.88. The molecule has 1 amide bonds. The first-order valence-corrected chi connectivity index (χ1v) is 6.26. The lowest BCUT2D eigenvalue weighted by Gasteiger charge is -2.21. The maximum absolute atomic E-state index is 11.2. The second-order valence-electron chi connectivity index (χ2n) is 4.57. The minimum atomic E-state index is -0.765. The molecule has 0 aliphatic rings. The van der Waals surface area contributed by atoms with Crippen LogP contribution in [0.15, 0.2) is 24.3 Å². The number of aliphatic hydroxyl groups excluding tert-OH is 1. The third-order valence-corrected chi connectivity index (χ3v) is 3.11. The third kappa shape index (κ3) is 3.98. The molecule has 2 atom stereocenters. The van der Waals surface area contributed by atoms with Crippen LogP contribution in [0.2, 0.25) is 5.02 Å². The van der Waals surface area contributed by atoms with Crippen molar-refractivity contribution in [3.8, 4) is 0 Å². The third-order valence-electron chi connectivity index (χ3n) is 2.77. The predicted octanol–water partition coefficient (Wildman–Crippen LogP) is 1.47. The van der Waals surface area contributed by atoms with Crippen molar-refractivity contribution in [3.05, 3.63) is 34.9 Å². The zero-order valence-corrected chi connectivity index (χ0v) is 11.3. The smallest absolute Gasteiger partial charge is 0.234 e. The summed E-state index contributed by atoms with van der Waals surface area (Å²) >= 11 is 5.98. The molecule has 0 saturated heterocycles. The maximum Gasteiger partial charge on any atom is 0.234 e. The van der Waals surface area contributed by atoms with E-state index >= 15 is 0 Å². The van der Waals surface area contributed by atoms with Crippen molar-refractivity contribution < 1.29 is 9.90 Å². The van der Waals surface area contributed by atoms with E-state index in [1.54, 1.807) is 24.3 Å². The molecule has 0 bridgehead atoms. The van der Waals surface area contributed by atoms with Gasteiger partial charge in [0.2, 0.25) is 5.91 Å². The van der Waals surface area contributed by atoms with Gasteiger partial charge in [-0.15, -0.1) is 0 Å². The molecule has 0 spiro atoms. The van der Waals surface area contributed by atoms with Crippen LogP contribution >= 0.6 is 11.6 Å². The normalized spacial score (nSPS) is 14.5. The van der Waals surface area contributed by atoms with Crippen LogP contribution in [0.25, 0.3) is 0 Å². The Labute approximate surface area is 112 Å². The number of carbonyl (C=O) groups excluding carboxylic acids is 1. The number of primary amides is 1. The number of aliphatic hydroxyl groups is 1. The summed E-state index contributed by atoms with van der Waals surface area (Å²) in [7, 11) is 0. The van der Waals surface area contributed by atoms with Gasteiger partial charge >= 0.3 is 0 Å². The predicted molar refractivity (Wildman–Crippen MR) is 72.2 cm³/mol. The van der Waals surface area contributed by atoms with Gasteiger partial charge in [-0.05, 0) is 12.0 Å². The number of rotatable bonds is 6. The number of carbonyl (C=O) groups is 1. The van der Waals surface area contributed by atoms with Crippen molar-refractivity contribution in [2.75, 3.05) is 6.54 Å². The summed E-state index contributed by atoms with van der Waals surface area (Å²) < 4.78 is 0. The van der Waals surface area contributed by atoms with E-state index in [4.69, 9.17) is 17.3 Å². The molecule has 100 valence electrons. The summed E-state index contributed by atoms with van der Waals surface area (Å²) in [4.78, 5) is 11.2. The standard InChI is InChI=1S/C13H19ClN2O2/c1-8(2)12(13(15)18)16-7-11(17)9-5-3-4-6-10(9)14/h3-6,8,11-12,16-17H,7H2,1-2H3,(H2,15,18). The zero-order chi connectivity index (χ0) is 13.7. The molecule has 0 radical (unpaired) electrons. The Kier molecular flexibility index (Phi) is 5.59. The molecule has 0 aliphatic heterocycles. The van der Waals surface area contributed by atoms with Gasteiger partial charge in [0.05, 0.1) is 12.1 Å². The van der Waals surface area contributed by atoms with Gasteiger partial charge in [0.15, 0.2) is 0 Å². The Morgan fingerprint density at radius 2 is 2.06 bits per heavy atom. The molecular formula is C13H19ClN2O2. The van der Waals surface area contributed by atoms with Crippen molar-refractivity contribution in [2.45, 2.75) is 26.0 Å². The van der Waals surface area contributed by atoms with Crippen LogP contribution in [0.1, 0.15) is 25.5 Å². The van der Waals surface area contributed by atoms with Gasteiger partial charge in [-0.1, -0.05) is 43.6 Å². The molecule has 2 unspecified atom stereocenters. The van der Waals surface area contributed by atoms with Crippen LogP contribution in [0.5, 0.6) is 0 Å². The summed E-state index contributed by atoms with van der Waals surface area (Å²) in [6.07, 6.45) is -0.765. The molecule has 18 heavy (non-hydrogen) atoms. The second-order valence-corrected chi connectivity index (χ2v) is 4.98. The molecule has 4 nitrogen and oxygen atoms in total. The van der Waals surface area contributed by atoms with Crippen LogP contribution in [-0.4, -0.2) is 23.6 Å². The molecule has 0 heterocycles. The minimum Gasteiger partial charge on any atom is -0.387 e. The van der Waals surface area contributed by atoms with Crippen molar-refractivity contribution in [3.63, 3.8) is 0 Å². The van der Waals surface area contributed by atoms with Crippen LogP contribution < -0.4 is 11.1 Å². The number of nitrogens with one attached hydrogen (secondary N) is 1. The van der Waals surface area contributed by atoms with Gasteiger partial charge < -0.3 is 16.2 Å². The SMILES string of the molecule is CC(C)C(NCC(O)c1ccccc1Cl)C(N)=O. The number of hydrogen-bond acceptors (Lipinski definition) is 3. The van der Waals surface area contributed by atoms with Gasteiger partial charge in [-0.3, -0.25) is 4.79 Å². The second kappa shape index (κ2) is 6.73. The van der Waals surface area contributed by atoms with E-state index in [2.05, 4.69) is 5.32 Å². The molecule has 1 rings (SSSR count). The Morgan fingerprint density at radius 3 is 2.56 bits per heavy atom. The van der Waals surface area contributed by atoms with E-state index < -0.39 is 18.1 Å². The number of nitrogens with two attached hydrogens (primary N) is 1. The Bertz CT molecular complexity index is 410. The highest BCUT2D eigenvalue weighted by Gasteiger charge is 2.20. The van der Waals surface area contributed by atoms with Crippen molar-refractivity contribution in [1.82, 2.24) is 5.32 Å². The van der Waals surface area contributed by atoms with Crippen molar-refractivity contribution in [1.29, 1.82) is 0 Å². The molecule has 5 heteroatoms. The fourth-order valence-electron chi connectivity index (χ4n) is 1.76. The topological polar surface area (TPSA) is 75.3 Å². The van der Waals surface area contributed by atoms with Gasteiger partial charge in [-0.25, -0.2) is 0 Å². The van der Waals surface area contributed by atoms with E-state index in [-0.39, 0.29) is 12.5 Å². The van der Waals surface area contributed by atoms with Crippen molar-refractivity contribution in [2.24, 2.45) is 11.7 Å². The number of benzene rings is 1. The Morgan fingerprint density at radius 1 is 1.44 bits per heavy atom. The largest absolute Gasteiger partial charge is 0.387 e. The highest BCUT2D eigenvalue weighted by molar-refractivity contribution is 6.31. The highest BCUT2D eigenvalue weighted by atomic mass is 35.5. The Hall–Kier alpha value is -1.10. The lowest BCUT2D eigenvalue weighted by Crippen LogP contribution is -2.46. The van der Waals surface area contributed by atoms with E-state index in [1.807, 2.05) is 13.8 Å². The van der Waals surface area contributed by atoms with Gasteiger partial charge in [0.25, 0.3) is 0 Å². The van der Waals surface area contributed by atoms with Crippen LogP contribution in [0.4, 0.5) is 0 Å². The molecule has 1 aromatic rings. The monoisotopic (exact) mass is 270 g/mol. The average molecular weight is 271 g/mol. The molecule has 4 N–H and O–H groups in total. The summed E-state index contributed by atoms with van der Waals surface area (Å²) in [6, 6.07) is 6.62. The zero-order valence-electron chi connectivity index (χ0n) is 10.6. The highest BCUT2D eigenvalue weighted by Crippen LogP contribution is 2.22. The van der Waals surface area contributed by atoms with Gasteiger partial charge in [0.1, 0.15) is 0 Å². The van der Waals surface area contributed by atoms with E-state index in [1.165, 1.54) is 0 Å². The lowest BCUT2D eigenvalue weighted by atomic mass is 10.0. The van der Waals surface area contributed by atoms with Crippen LogP contribution in [-0.2, 0) is 4.79 Å².